The fourth-order valence-corrected chi connectivity index (χ4v) is 2.01. The predicted octanol–water partition coefficient (Wildman–Crippen LogP) is 1.13. The molecule has 0 fully saturated rings. The molecule has 10 heteroatoms. The summed E-state index contributed by atoms with van der Waals surface area (Å²) in [5.74, 6) is 0. The summed E-state index contributed by atoms with van der Waals surface area (Å²) in [6, 6.07) is 0. The average Bonchev–Trinajstić information content (AvgIpc) is 1.98. The zero-order valence-corrected chi connectivity index (χ0v) is 9.53. The van der Waals surface area contributed by atoms with Crippen LogP contribution in [0.2, 0.25) is 0 Å². The van der Waals surface area contributed by atoms with E-state index in [-0.39, 0.29) is 5.57 Å². The second-order valence-corrected chi connectivity index (χ2v) is 5.35. The number of hydrogen-bond donors (Lipinski definition) is 3. The maximum atomic E-state index is 11.9. The third-order valence-corrected chi connectivity index (χ3v) is 3.24. The van der Waals surface area contributed by atoms with Gasteiger partial charge in [-0.15, -0.1) is 0 Å². The second kappa shape index (κ2) is 5.86. The van der Waals surface area contributed by atoms with E-state index >= 15 is 0 Å². The summed E-state index contributed by atoms with van der Waals surface area (Å²) in [6.45, 7) is 0.178. The maximum absolute atomic E-state index is 11.9. The zero-order valence-electron chi connectivity index (χ0n) is 7.74. The summed E-state index contributed by atoms with van der Waals surface area (Å²) in [5.41, 5.74) is 0.256. The fourth-order valence-electron chi connectivity index (χ4n) is 0.486. The maximum Gasteiger partial charge on any atom is 0.481 e. The van der Waals surface area contributed by atoms with Crippen LogP contribution in [0.3, 0.4) is 0 Å². The van der Waals surface area contributed by atoms with E-state index in [2.05, 4.69) is 8.83 Å². The Kier molecular flexibility index (Phi) is 5.84. The molecular formula is C5H11FO7P2. The van der Waals surface area contributed by atoms with Crippen LogP contribution in [0.15, 0.2) is 11.6 Å². The lowest BCUT2D eigenvalue weighted by Crippen LogP contribution is -1.95. The molecule has 1 atom stereocenters. The highest BCUT2D eigenvalue weighted by molar-refractivity contribution is 7.60. The lowest BCUT2D eigenvalue weighted by Gasteiger charge is -2.10. The first-order chi connectivity index (χ1) is 6.66. The van der Waals surface area contributed by atoms with E-state index in [1.54, 1.807) is 0 Å². The number of allylic oxidation sites excluding steroid dienone is 1. The van der Waals surface area contributed by atoms with Gasteiger partial charge in [0.25, 0.3) is 0 Å². The second-order valence-electron chi connectivity index (χ2n) is 2.52. The third kappa shape index (κ3) is 8.89. The molecule has 90 valence electrons. The number of alkyl halides is 1. The summed E-state index contributed by atoms with van der Waals surface area (Å²) in [4.78, 5) is 25.1. The van der Waals surface area contributed by atoms with Gasteiger partial charge in [-0.2, -0.15) is 4.31 Å². The van der Waals surface area contributed by atoms with Crippen molar-refractivity contribution in [1.29, 1.82) is 0 Å². The highest BCUT2D eigenvalue weighted by Gasteiger charge is 2.31. The molecule has 0 aliphatic rings. The Morgan fingerprint density at radius 1 is 1.40 bits per heavy atom. The number of phosphoric acid groups is 2. The third-order valence-electron chi connectivity index (χ3n) is 1.09. The molecule has 0 saturated carbocycles. The molecule has 0 aromatic rings. The SMILES string of the molecule is CC(=CCOP(=O)(O)OP(=O)(O)O)CF. The van der Waals surface area contributed by atoms with Gasteiger partial charge in [-0.05, 0) is 12.5 Å². The fraction of sp³-hybridized carbons (Fsp3) is 0.600. The largest absolute Gasteiger partial charge is 0.481 e. The molecule has 7 nitrogen and oxygen atoms in total. The summed E-state index contributed by atoms with van der Waals surface area (Å²) in [5, 5.41) is 0. The van der Waals surface area contributed by atoms with Crippen molar-refractivity contribution in [3.8, 4) is 0 Å². The van der Waals surface area contributed by atoms with E-state index in [0.29, 0.717) is 0 Å². The summed E-state index contributed by atoms with van der Waals surface area (Å²) >= 11 is 0. The summed E-state index contributed by atoms with van der Waals surface area (Å²) in [7, 11) is -9.90. The Bertz CT molecular complexity index is 321. The molecule has 0 aliphatic heterocycles. The Morgan fingerprint density at radius 2 is 1.93 bits per heavy atom. The quantitative estimate of drug-likeness (QED) is 0.486. The van der Waals surface area contributed by atoms with Crippen molar-refractivity contribution in [3.05, 3.63) is 11.6 Å². The summed E-state index contributed by atoms with van der Waals surface area (Å²) in [6.07, 6.45) is 1.14. The van der Waals surface area contributed by atoms with Crippen LogP contribution in [0.5, 0.6) is 0 Å². The van der Waals surface area contributed by atoms with Crippen molar-refractivity contribution in [1.82, 2.24) is 0 Å². The topological polar surface area (TPSA) is 113 Å². The van der Waals surface area contributed by atoms with Crippen LogP contribution in [0.1, 0.15) is 6.92 Å². The normalized spacial score (nSPS) is 17.5. The van der Waals surface area contributed by atoms with E-state index in [4.69, 9.17) is 14.7 Å². The van der Waals surface area contributed by atoms with Gasteiger partial charge in [0.1, 0.15) is 6.67 Å². The first kappa shape index (κ1) is 14.9. The van der Waals surface area contributed by atoms with E-state index in [0.717, 1.165) is 6.08 Å². The zero-order chi connectivity index (χ0) is 12.1. The van der Waals surface area contributed by atoms with Crippen molar-refractivity contribution in [2.24, 2.45) is 0 Å². The molecular weight excluding hydrogens is 253 g/mol. The first-order valence-electron chi connectivity index (χ1n) is 3.62. The van der Waals surface area contributed by atoms with Crippen LogP contribution < -0.4 is 0 Å². The van der Waals surface area contributed by atoms with Gasteiger partial charge in [-0.3, -0.25) is 4.52 Å². The minimum absolute atomic E-state index is 0.256. The van der Waals surface area contributed by atoms with E-state index in [9.17, 15) is 13.5 Å². The van der Waals surface area contributed by atoms with Gasteiger partial charge in [-0.1, -0.05) is 6.08 Å². The van der Waals surface area contributed by atoms with Crippen LogP contribution in [0.4, 0.5) is 4.39 Å². The molecule has 0 bridgehead atoms. The minimum atomic E-state index is -5.09. The van der Waals surface area contributed by atoms with Crippen LogP contribution >= 0.6 is 15.6 Å². The van der Waals surface area contributed by atoms with E-state index < -0.39 is 28.9 Å². The molecule has 0 aromatic carbocycles. The van der Waals surface area contributed by atoms with Gasteiger partial charge in [0, 0.05) is 0 Å². The van der Waals surface area contributed by atoms with Gasteiger partial charge >= 0.3 is 15.6 Å². The Labute approximate surface area is 85.4 Å². The molecule has 0 radical (unpaired) electrons. The van der Waals surface area contributed by atoms with Gasteiger partial charge in [-0.25, -0.2) is 13.5 Å². The smallest absolute Gasteiger partial charge is 0.302 e. The molecule has 0 saturated heterocycles. The van der Waals surface area contributed by atoms with Crippen molar-refractivity contribution in [3.63, 3.8) is 0 Å². The van der Waals surface area contributed by atoms with E-state index in [1.165, 1.54) is 6.92 Å². The predicted molar refractivity (Wildman–Crippen MR) is 48.6 cm³/mol. The Hall–Kier alpha value is -0.0700. The highest BCUT2D eigenvalue weighted by Crippen LogP contribution is 2.57. The van der Waals surface area contributed by atoms with Gasteiger partial charge < -0.3 is 14.7 Å². The molecule has 0 heterocycles. The molecule has 0 aromatic heterocycles. The number of halogens is 1. The van der Waals surface area contributed by atoms with Crippen LogP contribution in [-0.2, 0) is 18.0 Å². The average molecular weight is 264 g/mol. The Balaban J connectivity index is 4.18. The van der Waals surface area contributed by atoms with Gasteiger partial charge in [0.05, 0.1) is 6.61 Å². The van der Waals surface area contributed by atoms with Crippen molar-refractivity contribution < 1.29 is 37.0 Å². The monoisotopic (exact) mass is 264 g/mol. The number of hydrogen-bond acceptors (Lipinski definition) is 4. The molecule has 0 spiro atoms. The van der Waals surface area contributed by atoms with Gasteiger partial charge in [0.15, 0.2) is 0 Å². The van der Waals surface area contributed by atoms with Crippen molar-refractivity contribution in [2.45, 2.75) is 6.92 Å². The highest BCUT2D eigenvalue weighted by atomic mass is 31.3. The van der Waals surface area contributed by atoms with Crippen molar-refractivity contribution >= 4 is 15.6 Å². The minimum Gasteiger partial charge on any atom is -0.302 e. The molecule has 0 aliphatic carbocycles. The molecule has 3 N–H and O–H groups in total. The molecule has 15 heavy (non-hydrogen) atoms. The summed E-state index contributed by atoms with van der Waals surface area (Å²) < 4.78 is 40.5. The lowest BCUT2D eigenvalue weighted by atomic mass is 10.3. The van der Waals surface area contributed by atoms with Gasteiger partial charge in [0.2, 0.25) is 0 Å². The Morgan fingerprint density at radius 3 is 2.33 bits per heavy atom. The number of rotatable bonds is 6. The molecule has 0 rings (SSSR count). The lowest BCUT2D eigenvalue weighted by molar-refractivity contribution is 0.191. The first-order valence-corrected chi connectivity index (χ1v) is 6.65. The molecule has 1 unspecified atom stereocenters. The van der Waals surface area contributed by atoms with Crippen LogP contribution in [0, 0.1) is 0 Å². The standard InChI is InChI=1S/C5H11FO7P2/c1-5(4-6)2-3-12-15(10,11)13-14(7,8)9/h2H,3-4H2,1H3,(H,10,11)(H2,7,8,9). The van der Waals surface area contributed by atoms with Crippen molar-refractivity contribution in [2.75, 3.05) is 13.3 Å². The van der Waals surface area contributed by atoms with Crippen LogP contribution in [0.25, 0.3) is 0 Å². The molecule has 0 amide bonds. The number of phosphoric ester groups is 1. The van der Waals surface area contributed by atoms with E-state index in [1.807, 2.05) is 0 Å². The van der Waals surface area contributed by atoms with Crippen LogP contribution in [-0.4, -0.2) is 28.0 Å².